The van der Waals surface area contributed by atoms with Crippen LogP contribution in [-0.2, 0) is 6.42 Å². The van der Waals surface area contributed by atoms with E-state index in [1.807, 2.05) is 6.07 Å². The van der Waals surface area contributed by atoms with E-state index in [1.54, 1.807) is 0 Å². The van der Waals surface area contributed by atoms with Gasteiger partial charge in [0.1, 0.15) is 0 Å². The molecular weight excluding hydrogens is 232 g/mol. The Kier molecular flexibility index (Phi) is 2.94. The number of benzene rings is 2. The number of anilines is 2. The van der Waals surface area contributed by atoms with Crippen molar-refractivity contribution in [2.24, 2.45) is 0 Å². The maximum absolute atomic E-state index is 5.85. The van der Waals surface area contributed by atoms with Gasteiger partial charge in [-0.25, -0.2) is 0 Å². The highest BCUT2D eigenvalue weighted by Crippen LogP contribution is 2.35. The summed E-state index contributed by atoms with van der Waals surface area (Å²) in [5.74, 6) is 0. The highest BCUT2D eigenvalue weighted by Gasteiger charge is 2.22. The number of nitrogen functional groups attached to an aromatic ring is 1. The molecule has 98 valence electrons. The number of aryl methyl sites for hydroxylation is 3. The molecule has 1 aliphatic carbocycles. The molecule has 0 spiro atoms. The monoisotopic (exact) mass is 252 g/mol. The smallest absolute Gasteiger partial charge is 0.0519 e. The van der Waals surface area contributed by atoms with Crippen molar-refractivity contribution in [1.82, 2.24) is 0 Å². The van der Waals surface area contributed by atoms with Gasteiger partial charge in [-0.2, -0.15) is 0 Å². The van der Waals surface area contributed by atoms with Gasteiger partial charge in [0.25, 0.3) is 0 Å². The SMILES string of the molecule is Cc1ccc(NC2CCc3cc(N)ccc32)c(C)c1. The first-order valence-corrected chi connectivity index (χ1v) is 6.85. The summed E-state index contributed by atoms with van der Waals surface area (Å²) < 4.78 is 0. The van der Waals surface area contributed by atoms with Crippen molar-refractivity contribution in [3.05, 3.63) is 58.7 Å². The summed E-state index contributed by atoms with van der Waals surface area (Å²) in [6.07, 6.45) is 2.26. The third-order valence-corrected chi connectivity index (χ3v) is 3.96. The average molecular weight is 252 g/mol. The quantitative estimate of drug-likeness (QED) is 0.793. The van der Waals surface area contributed by atoms with Gasteiger partial charge in [0, 0.05) is 11.4 Å². The molecule has 0 saturated carbocycles. The van der Waals surface area contributed by atoms with Crippen LogP contribution >= 0.6 is 0 Å². The predicted octanol–water partition coefficient (Wildman–Crippen LogP) is 3.99. The molecule has 0 amide bonds. The third-order valence-electron chi connectivity index (χ3n) is 3.96. The third kappa shape index (κ3) is 2.30. The second-order valence-corrected chi connectivity index (χ2v) is 5.51. The largest absolute Gasteiger partial charge is 0.399 e. The Balaban J connectivity index is 1.86. The van der Waals surface area contributed by atoms with Crippen LogP contribution in [0.4, 0.5) is 11.4 Å². The van der Waals surface area contributed by atoms with E-state index >= 15 is 0 Å². The minimum Gasteiger partial charge on any atom is -0.399 e. The van der Waals surface area contributed by atoms with E-state index in [1.165, 1.54) is 27.9 Å². The summed E-state index contributed by atoms with van der Waals surface area (Å²) in [5.41, 5.74) is 13.4. The number of hydrogen-bond acceptors (Lipinski definition) is 2. The number of fused-ring (bicyclic) bond motifs is 1. The zero-order valence-electron chi connectivity index (χ0n) is 11.5. The van der Waals surface area contributed by atoms with Gasteiger partial charge in [0.15, 0.2) is 0 Å². The highest BCUT2D eigenvalue weighted by atomic mass is 14.9. The van der Waals surface area contributed by atoms with E-state index < -0.39 is 0 Å². The molecule has 2 aromatic rings. The minimum absolute atomic E-state index is 0.414. The topological polar surface area (TPSA) is 38.0 Å². The van der Waals surface area contributed by atoms with Crippen molar-refractivity contribution in [2.45, 2.75) is 32.7 Å². The van der Waals surface area contributed by atoms with Crippen LogP contribution in [-0.4, -0.2) is 0 Å². The lowest BCUT2D eigenvalue weighted by atomic mass is 10.1. The van der Waals surface area contributed by atoms with E-state index in [-0.39, 0.29) is 0 Å². The molecule has 19 heavy (non-hydrogen) atoms. The molecule has 0 saturated heterocycles. The number of hydrogen-bond donors (Lipinski definition) is 2. The minimum atomic E-state index is 0.414. The average Bonchev–Trinajstić information content (AvgIpc) is 2.75. The van der Waals surface area contributed by atoms with Gasteiger partial charge in [-0.1, -0.05) is 23.8 Å². The summed E-state index contributed by atoms with van der Waals surface area (Å²) in [5, 5.41) is 3.67. The van der Waals surface area contributed by atoms with Crippen LogP contribution in [0.3, 0.4) is 0 Å². The molecule has 2 aromatic carbocycles. The van der Waals surface area contributed by atoms with E-state index in [9.17, 15) is 0 Å². The normalized spacial score (nSPS) is 17.3. The Morgan fingerprint density at radius 3 is 2.74 bits per heavy atom. The lowest BCUT2D eigenvalue weighted by Crippen LogP contribution is -2.08. The summed E-state index contributed by atoms with van der Waals surface area (Å²) in [6, 6.07) is 13.3. The maximum Gasteiger partial charge on any atom is 0.0519 e. The molecule has 0 radical (unpaired) electrons. The van der Waals surface area contributed by atoms with Gasteiger partial charge in [-0.15, -0.1) is 0 Å². The Labute approximate surface area is 114 Å². The molecule has 0 heterocycles. The van der Waals surface area contributed by atoms with E-state index in [2.05, 4.69) is 49.5 Å². The van der Waals surface area contributed by atoms with E-state index in [4.69, 9.17) is 5.73 Å². The fraction of sp³-hybridized carbons (Fsp3) is 0.294. The van der Waals surface area contributed by atoms with Crippen LogP contribution in [0.2, 0.25) is 0 Å². The summed E-state index contributed by atoms with van der Waals surface area (Å²) in [7, 11) is 0. The Hall–Kier alpha value is -1.96. The van der Waals surface area contributed by atoms with Crippen molar-refractivity contribution in [3.8, 4) is 0 Å². The first kappa shape index (κ1) is 12.1. The molecule has 0 aliphatic heterocycles. The molecule has 1 unspecified atom stereocenters. The predicted molar refractivity (Wildman–Crippen MR) is 81.5 cm³/mol. The Morgan fingerprint density at radius 1 is 1.11 bits per heavy atom. The van der Waals surface area contributed by atoms with Crippen LogP contribution in [0, 0.1) is 13.8 Å². The molecule has 0 fully saturated rings. The molecular formula is C17H20N2. The summed E-state index contributed by atoms with van der Waals surface area (Å²) >= 11 is 0. The fourth-order valence-electron chi connectivity index (χ4n) is 2.95. The van der Waals surface area contributed by atoms with Crippen molar-refractivity contribution < 1.29 is 0 Å². The van der Waals surface area contributed by atoms with Crippen LogP contribution in [0.5, 0.6) is 0 Å². The van der Waals surface area contributed by atoms with Crippen LogP contribution in [0.15, 0.2) is 36.4 Å². The second-order valence-electron chi connectivity index (χ2n) is 5.51. The van der Waals surface area contributed by atoms with Gasteiger partial charge < -0.3 is 11.1 Å². The first-order valence-electron chi connectivity index (χ1n) is 6.85. The summed E-state index contributed by atoms with van der Waals surface area (Å²) in [4.78, 5) is 0. The molecule has 3 N–H and O–H groups in total. The fourth-order valence-corrected chi connectivity index (χ4v) is 2.95. The first-order chi connectivity index (χ1) is 9.13. The molecule has 1 atom stereocenters. The molecule has 2 heteroatoms. The number of nitrogens with one attached hydrogen (secondary N) is 1. The molecule has 0 bridgehead atoms. The van der Waals surface area contributed by atoms with Gasteiger partial charge in [-0.3, -0.25) is 0 Å². The Bertz CT molecular complexity index is 617. The standard InChI is InChI=1S/C17H20N2/c1-11-3-7-16(12(2)9-11)19-17-8-4-13-10-14(18)5-6-15(13)17/h3,5-7,9-10,17,19H,4,8,18H2,1-2H3. The van der Waals surface area contributed by atoms with Crippen LogP contribution in [0.25, 0.3) is 0 Å². The lowest BCUT2D eigenvalue weighted by Gasteiger charge is -2.18. The molecule has 0 aromatic heterocycles. The van der Waals surface area contributed by atoms with E-state index in [0.29, 0.717) is 6.04 Å². The van der Waals surface area contributed by atoms with Gasteiger partial charge in [0.05, 0.1) is 6.04 Å². The van der Waals surface area contributed by atoms with E-state index in [0.717, 1.165) is 18.5 Å². The van der Waals surface area contributed by atoms with Crippen molar-refractivity contribution in [2.75, 3.05) is 11.1 Å². The zero-order chi connectivity index (χ0) is 13.4. The molecule has 3 rings (SSSR count). The van der Waals surface area contributed by atoms with Crippen molar-refractivity contribution >= 4 is 11.4 Å². The molecule has 2 nitrogen and oxygen atoms in total. The van der Waals surface area contributed by atoms with Crippen molar-refractivity contribution in [3.63, 3.8) is 0 Å². The zero-order valence-corrected chi connectivity index (χ0v) is 11.5. The highest BCUT2D eigenvalue weighted by molar-refractivity contribution is 5.56. The van der Waals surface area contributed by atoms with Crippen LogP contribution < -0.4 is 11.1 Å². The Morgan fingerprint density at radius 2 is 1.95 bits per heavy atom. The summed E-state index contributed by atoms with van der Waals surface area (Å²) in [6.45, 7) is 4.29. The maximum atomic E-state index is 5.85. The van der Waals surface area contributed by atoms with Gasteiger partial charge >= 0.3 is 0 Å². The second kappa shape index (κ2) is 4.61. The number of nitrogens with two attached hydrogens (primary N) is 1. The molecule has 1 aliphatic rings. The number of rotatable bonds is 2. The van der Waals surface area contributed by atoms with Crippen molar-refractivity contribution in [1.29, 1.82) is 0 Å². The van der Waals surface area contributed by atoms with Gasteiger partial charge in [0.2, 0.25) is 0 Å². The van der Waals surface area contributed by atoms with Crippen LogP contribution in [0.1, 0.15) is 34.7 Å². The lowest BCUT2D eigenvalue weighted by molar-refractivity contribution is 0.761. The van der Waals surface area contributed by atoms with Gasteiger partial charge in [-0.05, 0) is 61.6 Å².